The molecular formula is C28H28N4S. The molecule has 2 aromatic carbocycles. The second kappa shape index (κ2) is 8.83. The zero-order valence-corrected chi connectivity index (χ0v) is 20.0. The molecule has 1 fully saturated rings. The SMILES string of the molecule is CCc1ccccc1-n1c(C)cc([C@H]2[C@H](c3ccccn3)NC(=S)N2c2ccccc2)c1C. The Morgan fingerprint density at radius 3 is 2.39 bits per heavy atom. The fourth-order valence-corrected chi connectivity index (χ4v) is 5.37. The molecule has 5 heteroatoms. The number of benzene rings is 2. The first-order valence-electron chi connectivity index (χ1n) is 11.4. The molecule has 0 saturated carbocycles. The molecule has 0 bridgehead atoms. The Balaban J connectivity index is 1.69. The molecule has 166 valence electrons. The van der Waals surface area contributed by atoms with E-state index in [1.165, 1.54) is 28.2 Å². The molecule has 1 aliphatic rings. The number of pyridine rings is 1. The van der Waals surface area contributed by atoms with Gasteiger partial charge in [-0.25, -0.2) is 0 Å². The minimum Gasteiger partial charge on any atom is -0.351 e. The first-order valence-corrected chi connectivity index (χ1v) is 11.8. The van der Waals surface area contributed by atoms with E-state index in [2.05, 4.69) is 101 Å². The zero-order chi connectivity index (χ0) is 22.9. The van der Waals surface area contributed by atoms with Crippen molar-refractivity contribution in [2.75, 3.05) is 4.90 Å². The van der Waals surface area contributed by atoms with Gasteiger partial charge in [-0.1, -0.05) is 49.4 Å². The molecule has 3 heterocycles. The highest BCUT2D eigenvalue weighted by Crippen LogP contribution is 2.43. The van der Waals surface area contributed by atoms with Crippen LogP contribution in [0.1, 0.15) is 47.2 Å². The Morgan fingerprint density at radius 1 is 0.939 bits per heavy atom. The highest BCUT2D eigenvalue weighted by molar-refractivity contribution is 7.80. The Morgan fingerprint density at radius 2 is 1.67 bits per heavy atom. The fourth-order valence-electron chi connectivity index (χ4n) is 5.02. The normalized spacial score (nSPS) is 17.9. The average Bonchev–Trinajstić information content (AvgIpc) is 3.35. The summed E-state index contributed by atoms with van der Waals surface area (Å²) in [7, 11) is 0. The van der Waals surface area contributed by atoms with Crippen LogP contribution in [0, 0.1) is 13.8 Å². The molecule has 1 saturated heterocycles. The number of aromatic nitrogens is 2. The number of rotatable bonds is 5. The van der Waals surface area contributed by atoms with Crippen molar-refractivity contribution in [3.8, 4) is 5.69 Å². The predicted molar refractivity (Wildman–Crippen MR) is 139 cm³/mol. The minimum atomic E-state index is -0.0470. The molecule has 0 radical (unpaired) electrons. The first kappa shape index (κ1) is 21.4. The maximum atomic E-state index is 5.87. The van der Waals surface area contributed by atoms with Crippen LogP contribution in [0.2, 0.25) is 0 Å². The predicted octanol–water partition coefficient (Wildman–Crippen LogP) is 6.23. The summed E-state index contributed by atoms with van der Waals surface area (Å²) in [4.78, 5) is 6.93. The van der Waals surface area contributed by atoms with Crippen LogP contribution >= 0.6 is 12.2 Å². The molecule has 1 N–H and O–H groups in total. The van der Waals surface area contributed by atoms with E-state index in [1.54, 1.807) is 0 Å². The lowest BCUT2D eigenvalue weighted by Gasteiger charge is -2.28. The van der Waals surface area contributed by atoms with Crippen molar-refractivity contribution >= 4 is 23.0 Å². The lowest BCUT2D eigenvalue weighted by atomic mass is 9.96. The standard InChI is InChI=1S/C28H28N4S/c1-4-21-12-8-9-16-25(21)31-19(2)18-23(20(31)3)27-26(24-15-10-11-17-29-24)30-28(33)32(27)22-13-6-5-7-14-22/h5-18,26-27H,4H2,1-3H3,(H,30,33)/t26-,27-/m0/s1. The average molecular weight is 453 g/mol. The van der Waals surface area contributed by atoms with E-state index in [9.17, 15) is 0 Å². The van der Waals surface area contributed by atoms with Crippen LogP contribution in [0.3, 0.4) is 0 Å². The van der Waals surface area contributed by atoms with Gasteiger partial charge in [0.25, 0.3) is 0 Å². The van der Waals surface area contributed by atoms with Gasteiger partial charge in [-0.2, -0.15) is 0 Å². The molecule has 2 aromatic heterocycles. The summed E-state index contributed by atoms with van der Waals surface area (Å²) in [6, 6.07) is 27.4. The number of hydrogen-bond donors (Lipinski definition) is 1. The molecule has 33 heavy (non-hydrogen) atoms. The molecule has 0 amide bonds. The largest absolute Gasteiger partial charge is 0.351 e. The van der Waals surface area contributed by atoms with Gasteiger partial charge in [0.15, 0.2) is 5.11 Å². The third-order valence-corrected chi connectivity index (χ3v) is 6.85. The van der Waals surface area contributed by atoms with Crippen molar-refractivity contribution in [3.63, 3.8) is 0 Å². The van der Waals surface area contributed by atoms with Gasteiger partial charge >= 0.3 is 0 Å². The van der Waals surface area contributed by atoms with Crippen molar-refractivity contribution in [3.05, 3.63) is 113 Å². The summed E-state index contributed by atoms with van der Waals surface area (Å²) in [5.74, 6) is 0. The van der Waals surface area contributed by atoms with Gasteiger partial charge < -0.3 is 14.8 Å². The van der Waals surface area contributed by atoms with E-state index in [0.29, 0.717) is 0 Å². The Hall–Kier alpha value is -3.44. The van der Waals surface area contributed by atoms with Crippen molar-refractivity contribution in [2.24, 2.45) is 0 Å². The Labute approximate surface area is 200 Å². The van der Waals surface area contributed by atoms with E-state index < -0.39 is 0 Å². The van der Waals surface area contributed by atoms with Gasteiger partial charge in [0.05, 0.1) is 17.8 Å². The smallest absolute Gasteiger partial charge is 0.174 e. The molecule has 1 aliphatic heterocycles. The highest BCUT2D eigenvalue weighted by Gasteiger charge is 2.42. The number of nitrogens with zero attached hydrogens (tertiary/aromatic N) is 3. The maximum absolute atomic E-state index is 5.87. The lowest BCUT2D eigenvalue weighted by molar-refractivity contribution is 0.565. The summed E-state index contributed by atoms with van der Waals surface area (Å²) in [6.45, 7) is 6.61. The van der Waals surface area contributed by atoms with Crippen LogP contribution < -0.4 is 10.2 Å². The Kier molecular flexibility index (Phi) is 5.73. The number of thiocarbonyl (C=S) groups is 1. The topological polar surface area (TPSA) is 33.1 Å². The summed E-state index contributed by atoms with van der Waals surface area (Å²) in [5.41, 5.74) is 8.35. The molecule has 4 aromatic rings. The fraction of sp³-hybridized carbons (Fsp3) is 0.214. The summed E-state index contributed by atoms with van der Waals surface area (Å²) < 4.78 is 2.38. The lowest BCUT2D eigenvalue weighted by Crippen LogP contribution is -2.29. The van der Waals surface area contributed by atoms with E-state index in [4.69, 9.17) is 12.2 Å². The van der Waals surface area contributed by atoms with Crippen molar-refractivity contribution in [1.82, 2.24) is 14.9 Å². The van der Waals surface area contributed by atoms with Crippen LogP contribution in [-0.2, 0) is 6.42 Å². The molecule has 0 aliphatic carbocycles. The van der Waals surface area contributed by atoms with Gasteiger partial charge in [0.1, 0.15) is 0 Å². The molecule has 5 rings (SSSR count). The molecule has 2 atom stereocenters. The second-order valence-electron chi connectivity index (χ2n) is 8.48. The summed E-state index contributed by atoms with van der Waals surface area (Å²) in [5, 5.41) is 4.29. The highest BCUT2D eigenvalue weighted by atomic mass is 32.1. The van der Waals surface area contributed by atoms with E-state index in [0.717, 1.165) is 22.9 Å². The molecule has 4 nitrogen and oxygen atoms in total. The molecule has 0 unspecified atom stereocenters. The molecular weight excluding hydrogens is 424 g/mol. The van der Waals surface area contributed by atoms with Crippen LogP contribution in [0.5, 0.6) is 0 Å². The van der Waals surface area contributed by atoms with Gasteiger partial charge in [-0.3, -0.25) is 4.98 Å². The van der Waals surface area contributed by atoms with Crippen molar-refractivity contribution in [2.45, 2.75) is 39.3 Å². The van der Waals surface area contributed by atoms with Gasteiger partial charge in [-0.15, -0.1) is 0 Å². The number of aryl methyl sites for hydroxylation is 2. The van der Waals surface area contributed by atoms with Crippen LogP contribution in [0.15, 0.2) is 85.1 Å². The van der Waals surface area contributed by atoms with Gasteiger partial charge in [0.2, 0.25) is 0 Å². The van der Waals surface area contributed by atoms with Crippen molar-refractivity contribution in [1.29, 1.82) is 0 Å². The van der Waals surface area contributed by atoms with E-state index >= 15 is 0 Å². The van der Waals surface area contributed by atoms with Crippen molar-refractivity contribution < 1.29 is 0 Å². The molecule has 0 spiro atoms. The second-order valence-corrected chi connectivity index (χ2v) is 8.86. The Bertz CT molecular complexity index is 1280. The number of hydrogen-bond acceptors (Lipinski definition) is 2. The zero-order valence-electron chi connectivity index (χ0n) is 19.2. The summed E-state index contributed by atoms with van der Waals surface area (Å²) >= 11 is 5.87. The van der Waals surface area contributed by atoms with Gasteiger partial charge in [0, 0.05) is 29.0 Å². The van der Waals surface area contributed by atoms with Crippen LogP contribution in [0.4, 0.5) is 5.69 Å². The van der Waals surface area contributed by atoms with E-state index in [-0.39, 0.29) is 12.1 Å². The third-order valence-electron chi connectivity index (χ3n) is 6.53. The number of nitrogens with one attached hydrogen (secondary N) is 1. The van der Waals surface area contributed by atoms with Gasteiger partial charge in [-0.05, 0) is 80.0 Å². The number of anilines is 1. The first-order chi connectivity index (χ1) is 16.1. The summed E-state index contributed by atoms with van der Waals surface area (Å²) in [6.07, 6.45) is 2.84. The van der Waals surface area contributed by atoms with E-state index in [1.807, 2.05) is 24.4 Å². The third kappa shape index (κ3) is 3.72. The maximum Gasteiger partial charge on any atom is 0.174 e. The quantitative estimate of drug-likeness (QED) is 0.364. The monoisotopic (exact) mass is 452 g/mol. The number of para-hydroxylation sites is 2. The van der Waals surface area contributed by atoms with Crippen LogP contribution in [-0.4, -0.2) is 14.7 Å². The minimum absolute atomic E-state index is 0.0106. The van der Waals surface area contributed by atoms with Crippen LogP contribution in [0.25, 0.3) is 5.69 Å².